The normalized spacial score (nSPS) is 20.6. The molecule has 5 nitrogen and oxygen atoms in total. The van der Waals surface area contributed by atoms with E-state index < -0.39 is 0 Å². The zero-order chi connectivity index (χ0) is 14.5. The third-order valence-corrected chi connectivity index (χ3v) is 4.36. The van der Waals surface area contributed by atoms with Gasteiger partial charge in [-0.3, -0.25) is 4.79 Å². The Hall–Kier alpha value is -1.36. The van der Waals surface area contributed by atoms with E-state index in [0.29, 0.717) is 24.8 Å². The summed E-state index contributed by atoms with van der Waals surface area (Å²) < 4.78 is 1.96. The van der Waals surface area contributed by atoms with Gasteiger partial charge in [0.05, 0.1) is 6.54 Å². The molecule has 20 heavy (non-hydrogen) atoms. The molecule has 0 aliphatic carbocycles. The number of rotatable bonds is 5. The number of nitrogens with one attached hydrogen (secondary N) is 1. The van der Waals surface area contributed by atoms with Crippen molar-refractivity contribution < 1.29 is 4.79 Å². The van der Waals surface area contributed by atoms with Gasteiger partial charge in [-0.15, -0.1) is 0 Å². The quantitative estimate of drug-likeness (QED) is 0.886. The lowest BCUT2D eigenvalue weighted by Gasteiger charge is -2.29. The van der Waals surface area contributed by atoms with E-state index in [2.05, 4.69) is 17.2 Å². The molecule has 2 rings (SSSR count). The molecule has 112 valence electrons. The molecule has 1 N–H and O–H groups in total. The zero-order valence-electron chi connectivity index (χ0n) is 12.8. The van der Waals surface area contributed by atoms with Gasteiger partial charge in [0.25, 0.3) is 0 Å². The summed E-state index contributed by atoms with van der Waals surface area (Å²) in [6, 6.07) is 0. The van der Waals surface area contributed by atoms with Gasteiger partial charge in [-0.25, -0.2) is 4.98 Å². The number of hydrogen-bond donors (Lipinski definition) is 1. The number of imidazole rings is 1. The van der Waals surface area contributed by atoms with Gasteiger partial charge in [-0.05, 0) is 37.8 Å². The maximum absolute atomic E-state index is 12.3. The van der Waals surface area contributed by atoms with Crippen molar-refractivity contribution in [2.24, 2.45) is 18.9 Å². The summed E-state index contributed by atoms with van der Waals surface area (Å²) in [6.07, 6.45) is 6.78. The first-order valence-electron chi connectivity index (χ1n) is 7.48. The van der Waals surface area contributed by atoms with Gasteiger partial charge in [0, 0.05) is 32.9 Å². The van der Waals surface area contributed by atoms with Crippen molar-refractivity contribution in [3.63, 3.8) is 0 Å². The second-order valence-electron chi connectivity index (χ2n) is 5.99. The van der Waals surface area contributed by atoms with Crippen LogP contribution in [0.1, 0.15) is 32.0 Å². The van der Waals surface area contributed by atoms with Crippen molar-refractivity contribution in [3.8, 4) is 0 Å². The fourth-order valence-electron chi connectivity index (χ4n) is 2.81. The number of aromatic nitrogens is 2. The molecule has 0 saturated carbocycles. The van der Waals surface area contributed by atoms with Crippen LogP contribution in [-0.4, -0.2) is 40.5 Å². The lowest BCUT2D eigenvalue weighted by Crippen LogP contribution is -2.36. The Bertz CT molecular complexity index is 437. The standard InChI is InChI=1S/C15H26N4O/c1-12(13-5-4-6-16-10-13)9-15(20)19(3)11-14-17-7-8-18(14)2/h7-8,12-13,16H,4-6,9-11H2,1-3H3. The molecule has 1 aliphatic rings. The smallest absolute Gasteiger partial charge is 0.222 e. The summed E-state index contributed by atoms with van der Waals surface area (Å²) in [5, 5.41) is 3.42. The second-order valence-corrected chi connectivity index (χ2v) is 5.99. The van der Waals surface area contributed by atoms with Crippen LogP contribution in [0.15, 0.2) is 12.4 Å². The maximum Gasteiger partial charge on any atom is 0.222 e. The largest absolute Gasteiger partial charge is 0.338 e. The lowest BCUT2D eigenvalue weighted by molar-refractivity contribution is -0.131. The van der Waals surface area contributed by atoms with E-state index >= 15 is 0 Å². The van der Waals surface area contributed by atoms with Crippen LogP contribution < -0.4 is 5.32 Å². The Labute approximate surface area is 121 Å². The van der Waals surface area contributed by atoms with E-state index in [9.17, 15) is 4.79 Å². The van der Waals surface area contributed by atoms with Crippen LogP contribution in [-0.2, 0) is 18.4 Å². The van der Waals surface area contributed by atoms with Crippen molar-refractivity contribution in [3.05, 3.63) is 18.2 Å². The Kier molecular flexibility index (Phi) is 5.17. The van der Waals surface area contributed by atoms with E-state index in [1.165, 1.54) is 12.8 Å². The first kappa shape index (κ1) is 15.0. The highest BCUT2D eigenvalue weighted by molar-refractivity contribution is 5.76. The minimum absolute atomic E-state index is 0.214. The predicted octanol–water partition coefficient (Wildman–Crippen LogP) is 1.40. The number of hydrogen-bond acceptors (Lipinski definition) is 3. The zero-order valence-corrected chi connectivity index (χ0v) is 12.8. The van der Waals surface area contributed by atoms with Crippen molar-refractivity contribution in [2.45, 2.75) is 32.7 Å². The van der Waals surface area contributed by atoms with Crippen molar-refractivity contribution in [1.29, 1.82) is 0 Å². The van der Waals surface area contributed by atoms with Crippen LogP contribution in [0.4, 0.5) is 0 Å². The van der Waals surface area contributed by atoms with E-state index in [4.69, 9.17) is 0 Å². The Balaban J connectivity index is 1.82. The van der Waals surface area contributed by atoms with E-state index in [-0.39, 0.29) is 5.91 Å². The monoisotopic (exact) mass is 278 g/mol. The van der Waals surface area contributed by atoms with Gasteiger partial charge in [-0.1, -0.05) is 6.92 Å². The van der Waals surface area contributed by atoms with Gasteiger partial charge in [-0.2, -0.15) is 0 Å². The van der Waals surface area contributed by atoms with Gasteiger partial charge in [0.1, 0.15) is 5.82 Å². The van der Waals surface area contributed by atoms with Crippen LogP contribution in [0.3, 0.4) is 0 Å². The maximum atomic E-state index is 12.3. The van der Waals surface area contributed by atoms with E-state index in [1.54, 1.807) is 11.1 Å². The Morgan fingerprint density at radius 1 is 1.65 bits per heavy atom. The van der Waals surface area contributed by atoms with Crippen LogP contribution in [0, 0.1) is 11.8 Å². The average molecular weight is 278 g/mol. The van der Waals surface area contributed by atoms with Gasteiger partial charge >= 0.3 is 0 Å². The molecule has 2 atom stereocenters. The minimum atomic E-state index is 0.214. The summed E-state index contributed by atoms with van der Waals surface area (Å²) >= 11 is 0. The molecular weight excluding hydrogens is 252 g/mol. The molecule has 2 unspecified atom stereocenters. The molecule has 1 aliphatic heterocycles. The molecule has 1 fully saturated rings. The SMILES string of the molecule is CC(CC(=O)N(C)Cc1nccn1C)C1CCCNC1. The summed E-state index contributed by atoms with van der Waals surface area (Å²) in [7, 11) is 3.82. The molecule has 0 bridgehead atoms. The van der Waals surface area contributed by atoms with Gasteiger partial charge < -0.3 is 14.8 Å². The Morgan fingerprint density at radius 2 is 2.45 bits per heavy atom. The van der Waals surface area contributed by atoms with Crippen molar-refractivity contribution >= 4 is 5.91 Å². The predicted molar refractivity (Wildman–Crippen MR) is 79.1 cm³/mol. The number of piperidine rings is 1. The van der Waals surface area contributed by atoms with Crippen LogP contribution >= 0.6 is 0 Å². The molecule has 1 amide bonds. The fourth-order valence-corrected chi connectivity index (χ4v) is 2.81. The fraction of sp³-hybridized carbons (Fsp3) is 0.733. The molecule has 5 heteroatoms. The molecule has 1 saturated heterocycles. The molecule has 2 heterocycles. The highest BCUT2D eigenvalue weighted by atomic mass is 16.2. The number of aryl methyl sites for hydroxylation is 1. The third kappa shape index (κ3) is 3.82. The summed E-state index contributed by atoms with van der Waals surface area (Å²) in [4.78, 5) is 18.4. The lowest BCUT2D eigenvalue weighted by atomic mass is 9.85. The summed E-state index contributed by atoms with van der Waals surface area (Å²) in [5.41, 5.74) is 0. The number of amides is 1. The molecule has 1 aromatic rings. The van der Waals surface area contributed by atoms with E-state index in [1.807, 2.05) is 24.9 Å². The molecule has 0 radical (unpaired) electrons. The van der Waals surface area contributed by atoms with Gasteiger partial charge in [0.2, 0.25) is 5.91 Å². The molecule has 0 aromatic carbocycles. The molecule has 0 spiro atoms. The third-order valence-electron chi connectivity index (χ3n) is 4.36. The molecule has 1 aromatic heterocycles. The summed E-state index contributed by atoms with van der Waals surface area (Å²) in [6.45, 7) is 4.95. The van der Waals surface area contributed by atoms with Gasteiger partial charge in [0.15, 0.2) is 0 Å². The molecular formula is C15H26N4O. The van der Waals surface area contributed by atoms with Crippen LogP contribution in [0.25, 0.3) is 0 Å². The Morgan fingerprint density at radius 3 is 3.05 bits per heavy atom. The first-order chi connectivity index (χ1) is 9.58. The minimum Gasteiger partial charge on any atom is -0.338 e. The van der Waals surface area contributed by atoms with Crippen LogP contribution in [0.5, 0.6) is 0 Å². The summed E-state index contributed by atoms with van der Waals surface area (Å²) in [5.74, 6) is 2.22. The van der Waals surface area contributed by atoms with E-state index in [0.717, 1.165) is 18.9 Å². The van der Waals surface area contributed by atoms with Crippen molar-refractivity contribution in [1.82, 2.24) is 19.8 Å². The highest BCUT2D eigenvalue weighted by Crippen LogP contribution is 2.23. The first-order valence-corrected chi connectivity index (χ1v) is 7.48. The number of carbonyl (C=O) groups is 1. The highest BCUT2D eigenvalue weighted by Gasteiger charge is 2.23. The number of carbonyl (C=O) groups excluding carboxylic acids is 1. The average Bonchev–Trinajstić information content (AvgIpc) is 2.85. The van der Waals surface area contributed by atoms with Crippen molar-refractivity contribution in [2.75, 3.05) is 20.1 Å². The number of nitrogens with zero attached hydrogens (tertiary/aromatic N) is 3. The topological polar surface area (TPSA) is 50.2 Å². The second kappa shape index (κ2) is 6.88. The van der Waals surface area contributed by atoms with Crippen LogP contribution in [0.2, 0.25) is 0 Å².